The summed E-state index contributed by atoms with van der Waals surface area (Å²) < 4.78 is 22.2. The van der Waals surface area contributed by atoms with Crippen molar-refractivity contribution in [1.82, 2.24) is 5.48 Å². The Bertz CT molecular complexity index is 186. The standard InChI is InChI=1S/C6H15NO3S/c1-6(2)11(8,9)5-4-10-7-3/h6-7H,4-5H2,1-3H3. The van der Waals surface area contributed by atoms with E-state index < -0.39 is 9.84 Å². The molecule has 0 aliphatic carbocycles. The maximum absolute atomic E-state index is 11.1. The summed E-state index contributed by atoms with van der Waals surface area (Å²) in [5, 5.41) is -0.317. The molecule has 11 heavy (non-hydrogen) atoms. The van der Waals surface area contributed by atoms with Crippen LogP contribution in [0, 0.1) is 0 Å². The third kappa shape index (κ3) is 4.34. The van der Waals surface area contributed by atoms with Gasteiger partial charge >= 0.3 is 0 Å². The average Bonchev–Trinajstić information content (AvgIpc) is 1.88. The zero-order chi connectivity index (χ0) is 8.91. The van der Waals surface area contributed by atoms with E-state index >= 15 is 0 Å². The van der Waals surface area contributed by atoms with Crippen molar-refractivity contribution in [3.05, 3.63) is 0 Å². The molecule has 0 radical (unpaired) electrons. The van der Waals surface area contributed by atoms with Crippen LogP contribution >= 0.6 is 0 Å². The van der Waals surface area contributed by atoms with Crippen LogP contribution < -0.4 is 5.48 Å². The number of hydrogen-bond acceptors (Lipinski definition) is 4. The van der Waals surface area contributed by atoms with Crippen LogP contribution in [0.4, 0.5) is 0 Å². The summed E-state index contributed by atoms with van der Waals surface area (Å²) in [6.07, 6.45) is 0. The monoisotopic (exact) mass is 181 g/mol. The molecule has 0 rings (SSSR count). The van der Waals surface area contributed by atoms with Gasteiger partial charge in [0.05, 0.1) is 17.6 Å². The SMILES string of the molecule is CNOCCS(=O)(=O)C(C)C. The average molecular weight is 181 g/mol. The van der Waals surface area contributed by atoms with E-state index in [0.717, 1.165) is 0 Å². The summed E-state index contributed by atoms with van der Waals surface area (Å²) in [5.41, 5.74) is 2.41. The molecule has 0 aliphatic rings. The second-order valence-corrected chi connectivity index (χ2v) is 5.15. The van der Waals surface area contributed by atoms with Crippen molar-refractivity contribution in [2.24, 2.45) is 0 Å². The first-order chi connectivity index (χ1) is 5.00. The minimum Gasteiger partial charge on any atom is -0.301 e. The zero-order valence-electron chi connectivity index (χ0n) is 7.12. The lowest BCUT2D eigenvalue weighted by atomic mass is 10.6. The highest BCUT2D eigenvalue weighted by Gasteiger charge is 2.14. The van der Waals surface area contributed by atoms with Gasteiger partial charge in [0.25, 0.3) is 0 Å². The highest BCUT2D eigenvalue weighted by molar-refractivity contribution is 7.91. The van der Waals surface area contributed by atoms with Crippen molar-refractivity contribution in [3.8, 4) is 0 Å². The molecule has 0 saturated carbocycles. The maximum atomic E-state index is 11.1. The van der Waals surface area contributed by atoms with Crippen molar-refractivity contribution in [2.75, 3.05) is 19.4 Å². The van der Waals surface area contributed by atoms with E-state index in [1.165, 1.54) is 0 Å². The molecule has 1 N–H and O–H groups in total. The molecule has 0 spiro atoms. The van der Waals surface area contributed by atoms with E-state index in [1.54, 1.807) is 20.9 Å². The fourth-order valence-electron chi connectivity index (χ4n) is 0.496. The van der Waals surface area contributed by atoms with Gasteiger partial charge in [-0.05, 0) is 13.8 Å². The summed E-state index contributed by atoms with van der Waals surface area (Å²) in [4.78, 5) is 4.69. The van der Waals surface area contributed by atoms with E-state index in [9.17, 15) is 8.42 Å². The van der Waals surface area contributed by atoms with Crippen molar-refractivity contribution >= 4 is 9.84 Å². The van der Waals surface area contributed by atoms with Crippen LogP contribution in [0.15, 0.2) is 0 Å². The Morgan fingerprint density at radius 3 is 2.36 bits per heavy atom. The Morgan fingerprint density at radius 2 is 2.00 bits per heavy atom. The molecule has 0 aromatic rings. The van der Waals surface area contributed by atoms with Gasteiger partial charge in [-0.15, -0.1) is 0 Å². The van der Waals surface area contributed by atoms with Crippen molar-refractivity contribution in [1.29, 1.82) is 0 Å². The predicted octanol–water partition coefficient (Wildman–Crippen LogP) is -0.0394. The second kappa shape index (κ2) is 4.69. The number of hydrogen-bond donors (Lipinski definition) is 1. The normalized spacial score (nSPS) is 12.4. The number of rotatable bonds is 5. The van der Waals surface area contributed by atoms with Crippen LogP contribution in [-0.4, -0.2) is 33.1 Å². The lowest BCUT2D eigenvalue weighted by Crippen LogP contribution is -2.23. The smallest absolute Gasteiger partial charge is 0.154 e. The predicted molar refractivity (Wildman–Crippen MR) is 43.9 cm³/mol. The maximum Gasteiger partial charge on any atom is 0.154 e. The van der Waals surface area contributed by atoms with Crippen molar-refractivity contribution < 1.29 is 13.3 Å². The van der Waals surface area contributed by atoms with Crippen LogP contribution in [0.1, 0.15) is 13.8 Å². The van der Waals surface area contributed by atoms with E-state index in [0.29, 0.717) is 0 Å². The number of hydroxylamine groups is 1. The summed E-state index contributed by atoms with van der Waals surface area (Å²) >= 11 is 0. The fraction of sp³-hybridized carbons (Fsp3) is 1.00. The van der Waals surface area contributed by atoms with Crippen molar-refractivity contribution in [3.63, 3.8) is 0 Å². The molecule has 0 aromatic carbocycles. The minimum atomic E-state index is -2.94. The lowest BCUT2D eigenvalue weighted by Gasteiger charge is -2.06. The summed E-state index contributed by atoms with van der Waals surface area (Å²) in [6.45, 7) is 3.53. The van der Waals surface area contributed by atoms with E-state index in [1.807, 2.05) is 0 Å². The molecule has 0 fully saturated rings. The molecule has 0 aromatic heterocycles. The molecule has 68 valence electrons. The molecular formula is C6H15NO3S. The van der Waals surface area contributed by atoms with Gasteiger partial charge in [0.15, 0.2) is 9.84 Å². The fourth-order valence-corrected chi connectivity index (χ4v) is 1.28. The molecular weight excluding hydrogens is 166 g/mol. The largest absolute Gasteiger partial charge is 0.301 e. The van der Waals surface area contributed by atoms with E-state index in [-0.39, 0.29) is 17.6 Å². The quantitative estimate of drug-likeness (QED) is 0.477. The van der Waals surface area contributed by atoms with Crippen molar-refractivity contribution in [2.45, 2.75) is 19.1 Å². The molecule has 0 heterocycles. The first-order valence-electron chi connectivity index (χ1n) is 3.51. The lowest BCUT2D eigenvalue weighted by molar-refractivity contribution is 0.0699. The topological polar surface area (TPSA) is 55.4 Å². The van der Waals surface area contributed by atoms with Crippen LogP contribution in [0.25, 0.3) is 0 Å². The van der Waals surface area contributed by atoms with Gasteiger partial charge in [-0.3, -0.25) is 0 Å². The highest BCUT2D eigenvalue weighted by Crippen LogP contribution is 1.99. The molecule has 0 saturated heterocycles. The van der Waals surface area contributed by atoms with Gasteiger partial charge in [0, 0.05) is 7.05 Å². The second-order valence-electron chi connectivity index (χ2n) is 2.47. The van der Waals surface area contributed by atoms with E-state index in [4.69, 9.17) is 4.84 Å². The molecule has 0 unspecified atom stereocenters. The minimum absolute atomic E-state index is 0.0749. The van der Waals surface area contributed by atoms with Gasteiger partial charge in [-0.25, -0.2) is 13.9 Å². The third-order valence-corrected chi connectivity index (χ3v) is 3.50. The molecule has 0 aliphatic heterocycles. The van der Waals surface area contributed by atoms with Crippen LogP contribution in [0.2, 0.25) is 0 Å². The molecule has 4 nitrogen and oxygen atoms in total. The Kier molecular flexibility index (Phi) is 4.63. The van der Waals surface area contributed by atoms with Gasteiger partial charge in [-0.2, -0.15) is 0 Å². The van der Waals surface area contributed by atoms with Gasteiger partial charge in [-0.1, -0.05) is 0 Å². The zero-order valence-corrected chi connectivity index (χ0v) is 7.94. The summed E-state index contributed by atoms with van der Waals surface area (Å²) in [5.74, 6) is 0.0749. The summed E-state index contributed by atoms with van der Waals surface area (Å²) in [7, 11) is -1.34. The van der Waals surface area contributed by atoms with Gasteiger partial charge in [0.1, 0.15) is 0 Å². The third-order valence-electron chi connectivity index (χ3n) is 1.33. The van der Waals surface area contributed by atoms with Crippen LogP contribution in [0.5, 0.6) is 0 Å². The Labute approximate surface area is 67.8 Å². The van der Waals surface area contributed by atoms with Crippen LogP contribution in [0.3, 0.4) is 0 Å². The van der Waals surface area contributed by atoms with E-state index in [2.05, 4.69) is 5.48 Å². The highest BCUT2D eigenvalue weighted by atomic mass is 32.2. The van der Waals surface area contributed by atoms with Crippen LogP contribution in [-0.2, 0) is 14.7 Å². The number of sulfone groups is 1. The molecule has 0 atom stereocenters. The Hall–Kier alpha value is -0.130. The first kappa shape index (κ1) is 10.9. The molecule has 5 heteroatoms. The Balaban J connectivity index is 3.75. The van der Waals surface area contributed by atoms with Gasteiger partial charge in [0.2, 0.25) is 0 Å². The first-order valence-corrected chi connectivity index (χ1v) is 5.22. The van der Waals surface area contributed by atoms with Gasteiger partial charge < -0.3 is 4.84 Å². The molecule has 0 bridgehead atoms. The number of nitrogens with one attached hydrogen (secondary N) is 1. The Morgan fingerprint density at radius 1 is 1.45 bits per heavy atom. The summed E-state index contributed by atoms with van der Waals surface area (Å²) in [6, 6.07) is 0. The molecule has 0 amide bonds.